The van der Waals surface area contributed by atoms with Gasteiger partial charge in [-0.1, -0.05) is 29.8 Å². The average Bonchev–Trinajstić information content (AvgIpc) is 3.04. The predicted octanol–water partition coefficient (Wildman–Crippen LogP) is 3.70. The van der Waals surface area contributed by atoms with Crippen molar-refractivity contribution in [2.75, 3.05) is 0 Å². The van der Waals surface area contributed by atoms with Crippen molar-refractivity contribution in [3.8, 4) is 5.75 Å². The first-order chi connectivity index (χ1) is 8.31. The Morgan fingerprint density at radius 2 is 2.00 bits per heavy atom. The Morgan fingerprint density at radius 1 is 1.44 bits per heavy atom. The molecule has 18 heavy (non-hydrogen) atoms. The molecule has 0 spiro atoms. The SMILES string of the molecule is Cc1c(Br)cc(C(C)C)c(O)c1C1(C(=O)O)CC1. The van der Waals surface area contributed by atoms with Crippen LogP contribution in [0.5, 0.6) is 5.75 Å². The zero-order chi connectivity index (χ0) is 13.7. The van der Waals surface area contributed by atoms with Crippen LogP contribution in [0.25, 0.3) is 0 Å². The topological polar surface area (TPSA) is 57.5 Å². The number of carboxylic acid groups (broad SMARTS) is 1. The monoisotopic (exact) mass is 312 g/mol. The van der Waals surface area contributed by atoms with Crippen LogP contribution in [0.15, 0.2) is 10.5 Å². The number of rotatable bonds is 3. The molecule has 1 aromatic rings. The molecular weight excluding hydrogens is 296 g/mol. The van der Waals surface area contributed by atoms with Crippen molar-refractivity contribution in [1.82, 2.24) is 0 Å². The number of hydrogen-bond acceptors (Lipinski definition) is 2. The molecule has 2 rings (SSSR count). The van der Waals surface area contributed by atoms with E-state index in [2.05, 4.69) is 15.9 Å². The number of carbonyl (C=O) groups is 1. The summed E-state index contributed by atoms with van der Waals surface area (Å²) in [6, 6.07) is 1.89. The molecule has 1 aliphatic carbocycles. The second-order valence-corrected chi connectivity index (χ2v) is 6.19. The van der Waals surface area contributed by atoms with Crippen LogP contribution in [0.4, 0.5) is 0 Å². The summed E-state index contributed by atoms with van der Waals surface area (Å²) in [5.74, 6) is -0.524. The number of carboxylic acids is 1. The molecular formula is C14H17BrO3. The molecule has 0 aromatic heterocycles. The minimum absolute atomic E-state index is 0.158. The maximum absolute atomic E-state index is 11.5. The summed E-state index contributed by atoms with van der Waals surface area (Å²) in [5, 5.41) is 19.8. The summed E-state index contributed by atoms with van der Waals surface area (Å²) >= 11 is 3.46. The summed E-state index contributed by atoms with van der Waals surface area (Å²) in [6.45, 7) is 5.83. The van der Waals surface area contributed by atoms with Gasteiger partial charge in [0.1, 0.15) is 5.75 Å². The van der Waals surface area contributed by atoms with Gasteiger partial charge in [0.25, 0.3) is 0 Å². The van der Waals surface area contributed by atoms with E-state index in [1.54, 1.807) is 0 Å². The molecule has 2 N–H and O–H groups in total. The molecule has 1 fully saturated rings. The maximum atomic E-state index is 11.5. The molecule has 0 amide bonds. The van der Waals surface area contributed by atoms with Gasteiger partial charge in [-0.15, -0.1) is 0 Å². The highest BCUT2D eigenvalue weighted by Crippen LogP contribution is 2.54. The molecule has 0 unspecified atom stereocenters. The van der Waals surface area contributed by atoms with E-state index in [0.717, 1.165) is 15.6 Å². The van der Waals surface area contributed by atoms with Gasteiger partial charge < -0.3 is 10.2 Å². The highest BCUT2D eigenvalue weighted by molar-refractivity contribution is 9.10. The Hall–Kier alpha value is -1.03. The Balaban J connectivity index is 2.70. The minimum atomic E-state index is -0.873. The molecule has 1 aliphatic rings. The van der Waals surface area contributed by atoms with Gasteiger partial charge in [0.2, 0.25) is 0 Å². The first-order valence-corrected chi connectivity index (χ1v) is 6.86. The molecule has 4 heteroatoms. The molecule has 0 atom stereocenters. The van der Waals surface area contributed by atoms with Gasteiger partial charge in [-0.25, -0.2) is 0 Å². The lowest BCUT2D eigenvalue weighted by Gasteiger charge is -2.21. The lowest BCUT2D eigenvalue weighted by Crippen LogP contribution is -2.21. The van der Waals surface area contributed by atoms with E-state index < -0.39 is 11.4 Å². The van der Waals surface area contributed by atoms with E-state index in [9.17, 15) is 15.0 Å². The molecule has 3 nitrogen and oxygen atoms in total. The molecule has 98 valence electrons. The van der Waals surface area contributed by atoms with Crippen LogP contribution in [-0.2, 0) is 10.2 Å². The first-order valence-electron chi connectivity index (χ1n) is 6.07. The molecule has 0 radical (unpaired) electrons. The highest BCUT2D eigenvalue weighted by Gasteiger charge is 2.54. The third-order valence-electron chi connectivity index (χ3n) is 3.79. The van der Waals surface area contributed by atoms with Crippen molar-refractivity contribution < 1.29 is 15.0 Å². The summed E-state index contributed by atoms with van der Waals surface area (Å²) in [6.07, 6.45) is 1.20. The lowest BCUT2D eigenvalue weighted by atomic mass is 9.86. The Kier molecular flexibility index (Phi) is 3.18. The zero-order valence-electron chi connectivity index (χ0n) is 10.7. The Bertz CT molecular complexity index is 516. The van der Waals surface area contributed by atoms with Crippen LogP contribution in [0.2, 0.25) is 0 Å². The zero-order valence-corrected chi connectivity index (χ0v) is 12.3. The second kappa shape index (κ2) is 4.26. The average molecular weight is 313 g/mol. The summed E-state index contributed by atoms with van der Waals surface area (Å²) in [5.41, 5.74) is 1.35. The van der Waals surface area contributed by atoms with Crippen LogP contribution in [0.1, 0.15) is 49.3 Å². The molecule has 0 saturated heterocycles. The first kappa shape index (κ1) is 13.4. The van der Waals surface area contributed by atoms with Crippen molar-refractivity contribution in [2.45, 2.75) is 44.9 Å². The van der Waals surface area contributed by atoms with Crippen LogP contribution < -0.4 is 0 Å². The van der Waals surface area contributed by atoms with Gasteiger partial charge in [0.15, 0.2) is 0 Å². The third-order valence-corrected chi connectivity index (χ3v) is 4.61. The van der Waals surface area contributed by atoms with Gasteiger partial charge in [-0.3, -0.25) is 4.79 Å². The minimum Gasteiger partial charge on any atom is -0.507 e. The van der Waals surface area contributed by atoms with Crippen molar-refractivity contribution in [3.63, 3.8) is 0 Å². The second-order valence-electron chi connectivity index (χ2n) is 5.34. The van der Waals surface area contributed by atoms with E-state index in [1.165, 1.54) is 0 Å². The van der Waals surface area contributed by atoms with E-state index in [0.29, 0.717) is 18.4 Å². The Labute approximate surface area is 115 Å². The van der Waals surface area contributed by atoms with E-state index in [4.69, 9.17) is 0 Å². The normalized spacial score (nSPS) is 16.9. The maximum Gasteiger partial charge on any atom is 0.314 e. The van der Waals surface area contributed by atoms with Crippen molar-refractivity contribution in [1.29, 1.82) is 0 Å². The fourth-order valence-electron chi connectivity index (χ4n) is 2.48. The number of halogens is 1. The van der Waals surface area contributed by atoms with Crippen LogP contribution in [-0.4, -0.2) is 16.2 Å². The summed E-state index contributed by atoms with van der Waals surface area (Å²) < 4.78 is 0.867. The molecule has 0 bridgehead atoms. The third kappa shape index (κ3) is 1.83. The van der Waals surface area contributed by atoms with Crippen LogP contribution >= 0.6 is 15.9 Å². The Morgan fingerprint density at radius 3 is 2.39 bits per heavy atom. The van der Waals surface area contributed by atoms with Gasteiger partial charge in [0.05, 0.1) is 5.41 Å². The number of hydrogen-bond donors (Lipinski definition) is 2. The smallest absolute Gasteiger partial charge is 0.314 e. The number of aliphatic carboxylic acids is 1. The number of phenols is 1. The molecule has 1 saturated carbocycles. The lowest BCUT2D eigenvalue weighted by molar-refractivity contribution is -0.140. The number of benzene rings is 1. The van der Waals surface area contributed by atoms with Gasteiger partial charge in [0, 0.05) is 10.0 Å². The molecule has 1 aromatic carbocycles. The van der Waals surface area contributed by atoms with Crippen LogP contribution in [0, 0.1) is 6.92 Å². The van der Waals surface area contributed by atoms with Crippen LogP contribution in [0.3, 0.4) is 0 Å². The fraction of sp³-hybridized carbons (Fsp3) is 0.500. The van der Waals surface area contributed by atoms with Gasteiger partial charge in [-0.05, 0) is 42.9 Å². The fourth-order valence-corrected chi connectivity index (χ4v) is 2.92. The number of phenolic OH excluding ortho intramolecular Hbond substituents is 1. The summed E-state index contributed by atoms with van der Waals surface area (Å²) in [7, 11) is 0. The predicted molar refractivity (Wildman–Crippen MR) is 73.2 cm³/mol. The molecule has 0 aliphatic heterocycles. The number of aromatic hydroxyl groups is 1. The van der Waals surface area contributed by atoms with Crippen molar-refractivity contribution >= 4 is 21.9 Å². The van der Waals surface area contributed by atoms with E-state index >= 15 is 0 Å². The standard InChI is InChI=1S/C14H17BrO3/c1-7(2)9-6-10(15)8(3)11(12(9)16)14(4-5-14)13(17)18/h6-7,16H,4-5H2,1-3H3,(H,17,18). The highest BCUT2D eigenvalue weighted by atomic mass is 79.9. The van der Waals surface area contributed by atoms with Crippen molar-refractivity contribution in [2.24, 2.45) is 0 Å². The van der Waals surface area contributed by atoms with E-state index in [1.807, 2.05) is 26.8 Å². The van der Waals surface area contributed by atoms with Crippen molar-refractivity contribution in [3.05, 3.63) is 27.2 Å². The van der Waals surface area contributed by atoms with Gasteiger partial charge in [-0.2, -0.15) is 0 Å². The van der Waals surface area contributed by atoms with Gasteiger partial charge >= 0.3 is 5.97 Å². The largest absolute Gasteiger partial charge is 0.507 e. The molecule has 0 heterocycles. The van der Waals surface area contributed by atoms with E-state index in [-0.39, 0.29) is 11.7 Å². The quantitative estimate of drug-likeness (QED) is 0.894. The summed E-state index contributed by atoms with van der Waals surface area (Å²) in [4.78, 5) is 11.5.